The van der Waals surface area contributed by atoms with E-state index in [2.05, 4.69) is 4.74 Å². The van der Waals surface area contributed by atoms with Crippen molar-refractivity contribution in [1.29, 1.82) is 0 Å². The number of benzene rings is 2. The van der Waals surface area contributed by atoms with Gasteiger partial charge in [0.05, 0.1) is 19.6 Å². The Morgan fingerprint density at radius 2 is 1.84 bits per heavy atom. The van der Waals surface area contributed by atoms with Gasteiger partial charge in [-0.25, -0.2) is 4.39 Å². The molecular weight excluding hydrogens is 399 g/mol. The zero-order valence-corrected chi connectivity index (χ0v) is 17.7. The lowest BCUT2D eigenvalue weighted by atomic mass is 9.95. The number of hydrogen-bond acceptors (Lipinski definition) is 5. The number of rotatable bonds is 8. The molecule has 0 radical (unpaired) electrons. The molecule has 0 amide bonds. The molecule has 162 valence electrons. The Morgan fingerprint density at radius 3 is 2.48 bits per heavy atom. The SMILES string of the molecule is COC(=O)CC(O)CC(=O)C=Cc1c(C(C)C)oc2cccc(-c3ccc(F)cc3)c12. The zero-order chi connectivity index (χ0) is 22.5. The summed E-state index contributed by atoms with van der Waals surface area (Å²) in [7, 11) is 1.23. The van der Waals surface area contributed by atoms with Gasteiger partial charge >= 0.3 is 5.97 Å². The molecule has 0 saturated heterocycles. The highest BCUT2D eigenvalue weighted by molar-refractivity contribution is 6.03. The maximum Gasteiger partial charge on any atom is 0.308 e. The third-order valence-electron chi connectivity index (χ3n) is 4.96. The molecule has 1 N–H and O–H groups in total. The molecule has 1 heterocycles. The number of carbonyl (C=O) groups is 2. The minimum Gasteiger partial charge on any atom is -0.469 e. The van der Waals surface area contributed by atoms with Crippen molar-refractivity contribution >= 4 is 28.8 Å². The van der Waals surface area contributed by atoms with Gasteiger partial charge in [-0.2, -0.15) is 0 Å². The van der Waals surface area contributed by atoms with Crippen LogP contribution in [-0.2, 0) is 14.3 Å². The Bertz CT molecular complexity index is 1110. The van der Waals surface area contributed by atoms with Crippen molar-refractivity contribution in [2.45, 2.75) is 38.7 Å². The Hall–Kier alpha value is -3.25. The van der Waals surface area contributed by atoms with Gasteiger partial charge < -0.3 is 14.3 Å². The number of hydrogen-bond donors (Lipinski definition) is 1. The van der Waals surface area contributed by atoms with Crippen molar-refractivity contribution in [3.05, 3.63) is 65.7 Å². The lowest BCUT2D eigenvalue weighted by molar-refractivity contribution is -0.143. The maximum absolute atomic E-state index is 13.4. The standard InChI is InChI=1S/C25H25FO5/c1-15(2)25-21(12-11-18(27)13-19(28)14-23(29)30-3)24-20(5-4-6-22(24)31-25)16-7-9-17(26)10-8-16/h4-12,15,19,28H,13-14H2,1-3H3. The number of ether oxygens (including phenoxy) is 1. The Balaban J connectivity index is 1.99. The Kier molecular flexibility index (Phi) is 7.02. The molecule has 0 aliphatic rings. The van der Waals surface area contributed by atoms with E-state index in [1.807, 2.05) is 32.0 Å². The van der Waals surface area contributed by atoms with Gasteiger partial charge in [0.15, 0.2) is 5.78 Å². The monoisotopic (exact) mass is 424 g/mol. The predicted molar refractivity (Wildman–Crippen MR) is 117 cm³/mol. The minimum atomic E-state index is -1.11. The topological polar surface area (TPSA) is 76.7 Å². The van der Waals surface area contributed by atoms with Crippen LogP contribution < -0.4 is 0 Å². The lowest BCUT2D eigenvalue weighted by Gasteiger charge is -2.07. The quantitative estimate of drug-likeness (QED) is 0.394. The summed E-state index contributed by atoms with van der Waals surface area (Å²) in [6.45, 7) is 3.99. The molecule has 0 bridgehead atoms. The van der Waals surface area contributed by atoms with Crippen molar-refractivity contribution in [1.82, 2.24) is 0 Å². The third-order valence-corrected chi connectivity index (χ3v) is 4.96. The summed E-state index contributed by atoms with van der Waals surface area (Å²) in [5.74, 6) is -0.421. The third kappa shape index (κ3) is 5.27. The van der Waals surface area contributed by atoms with Gasteiger partial charge in [-0.15, -0.1) is 0 Å². The van der Waals surface area contributed by atoms with Gasteiger partial charge in [-0.05, 0) is 41.5 Å². The summed E-state index contributed by atoms with van der Waals surface area (Å²) in [6.07, 6.45) is 1.53. The fraction of sp³-hybridized carbons (Fsp3) is 0.280. The molecule has 0 spiro atoms. The molecule has 0 saturated carbocycles. The average molecular weight is 424 g/mol. The number of furan rings is 1. The molecular formula is C25H25FO5. The summed E-state index contributed by atoms with van der Waals surface area (Å²) >= 11 is 0. The highest BCUT2D eigenvalue weighted by Gasteiger charge is 2.19. The second kappa shape index (κ2) is 9.71. The fourth-order valence-electron chi connectivity index (χ4n) is 3.48. The fourth-order valence-corrected chi connectivity index (χ4v) is 3.48. The van der Waals surface area contributed by atoms with Crippen LogP contribution in [0.2, 0.25) is 0 Å². The van der Waals surface area contributed by atoms with Gasteiger partial charge in [-0.3, -0.25) is 9.59 Å². The molecule has 5 nitrogen and oxygen atoms in total. The van der Waals surface area contributed by atoms with Crippen molar-refractivity contribution in [2.24, 2.45) is 0 Å². The first-order valence-corrected chi connectivity index (χ1v) is 10.1. The maximum atomic E-state index is 13.4. The van der Waals surface area contributed by atoms with Gasteiger partial charge in [0.25, 0.3) is 0 Å². The highest BCUT2D eigenvalue weighted by Crippen LogP contribution is 2.38. The summed E-state index contributed by atoms with van der Waals surface area (Å²) in [4.78, 5) is 23.6. The molecule has 1 atom stereocenters. The number of fused-ring (bicyclic) bond motifs is 1. The van der Waals surface area contributed by atoms with Crippen LogP contribution in [0, 0.1) is 5.82 Å². The number of ketones is 1. The lowest BCUT2D eigenvalue weighted by Crippen LogP contribution is -2.17. The minimum absolute atomic E-state index is 0.0631. The van der Waals surface area contributed by atoms with Crippen LogP contribution in [0.15, 0.2) is 53.0 Å². The van der Waals surface area contributed by atoms with Crippen LogP contribution in [-0.4, -0.2) is 30.1 Å². The largest absolute Gasteiger partial charge is 0.469 e. The van der Waals surface area contributed by atoms with Crippen molar-refractivity contribution in [3.63, 3.8) is 0 Å². The van der Waals surface area contributed by atoms with Crippen LogP contribution in [0.25, 0.3) is 28.2 Å². The molecule has 3 rings (SSSR count). The summed E-state index contributed by atoms with van der Waals surface area (Å²) in [5.41, 5.74) is 3.13. The number of carbonyl (C=O) groups excluding carboxylic acids is 2. The van der Waals surface area contributed by atoms with E-state index in [1.165, 1.54) is 25.3 Å². The molecule has 0 fully saturated rings. The molecule has 1 unspecified atom stereocenters. The summed E-state index contributed by atoms with van der Waals surface area (Å²) in [5, 5.41) is 10.7. The Labute approximate surface area is 180 Å². The number of allylic oxidation sites excluding steroid dienone is 1. The van der Waals surface area contributed by atoms with E-state index in [0.29, 0.717) is 5.58 Å². The van der Waals surface area contributed by atoms with E-state index >= 15 is 0 Å². The van der Waals surface area contributed by atoms with E-state index in [0.717, 1.165) is 27.8 Å². The molecule has 6 heteroatoms. The first-order chi connectivity index (χ1) is 14.8. The van der Waals surface area contributed by atoms with Crippen LogP contribution >= 0.6 is 0 Å². The molecule has 31 heavy (non-hydrogen) atoms. The van der Waals surface area contributed by atoms with Crippen molar-refractivity contribution < 1.29 is 28.2 Å². The number of esters is 1. The second-order valence-corrected chi connectivity index (χ2v) is 7.66. The second-order valence-electron chi connectivity index (χ2n) is 7.66. The number of aliphatic hydroxyl groups excluding tert-OH is 1. The molecule has 1 aromatic heterocycles. The normalized spacial score (nSPS) is 12.6. The van der Waals surface area contributed by atoms with Crippen LogP contribution in [0.3, 0.4) is 0 Å². The zero-order valence-electron chi connectivity index (χ0n) is 17.7. The molecule has 0 aliphatic heterocycles. The summed E-state index contributed by atoms with van der Waals surface area (Å²) in [6, 6.07) is 11.9. The molecule has 2 aromatic carbocycles. The molecule has 0 aliphatic carbocycles. The van der Waals surface area contributed by atoms with Crippen LogP contribution in [0.4, 0.5) is 4.39 Å². The van der Waals surface area contributed by atoms with E-state index in [-0.39, 0.29) is 30.4 Å². The Morgan fingerprint density at radius 1 is 1.13 bits per heavy atom. The van der Waals surface area contributed by atoms with Crippen molar-refractivity contribution in [2.75, 3.05) is 7.11 Å². The van der Waals surface area contributed by atoms with Gasteiger partial charge in [0.1, 0.15) is 17.2 Å². The van der Waals surface area contributed by atoms with Crippen LogP contribution in [0.5, 0.6) is 0 Å². The van der Waals surface area contributed by atoms with E-state index in [9.17, 15) is 19.1 Å². The number of aliphatic hydroxyl groups is 1. The van der Waals surface area contributed by atoms with Crippen LogP contribution in [0.1, 0.15) is 43.9 Å². The van der Waals surface area contributed by atoms with Crippen molar-refractivity contribution in [3.8, 4) is 11.1 Å². The van der Waals surface area contributed by atoms with Gasteiger partial charge in [-0.1, -0.05) is 38.1 Å². The van der Waals surface area contributed by atoms with E-state index in [4.69, 9.17) is 4.42 Å². The first kappa shape index (κ1) is 22.4. The average Bonchev–Trinajstić information content (AvgIpc) is 3.11. The van der Waals surface area contributed by atoms with E-state index in [1.54, 1.807) is 18.2 Å². The molecule has 3 aromatic rings. The number of halogens is 1. The smallest absolute Gasteiger partial charge is 0.308 e. The van der Waals surface area contributed by atoms with Gasteiger partial charge in [0, 0.05) is 23.3 Å². The highest BCUT2D eigenvalue weighted by atomic mass is 19.1. The first-order valence-electron chi connectivity index (χ1n) is 10.1. The number of methoxy groups -OCH3 is 1. The predicted octanol–water partition coefficient (Wildman–Crippen LogP) is 5.26. The van der Waals surface area contributed by atoms with E-state index < -0.39 is 12.1 Å². The van der Waals surface area contributed by atoms with Gasteiger partial charge in [0.2, 0.25) is 0 Å². The summed E-state index contributed by atoms with van der Waals surface area (Å²) < 4.78 is 24.0.